The summed E-state index contributed by atoms with van der Waals surface area (Å²) in [5.41, 5.74) is 2.62. The Hall–Kier alpha value is -2.89. The average Bonchev–Trinajstić information content (AvgIpc) is 2.61. The standard InChI is InChI=1S/C20H24FN3O2/c1-15(25)24(19-10-8-18(9-11-19)23(2)3)13-12-20(26)22-14-16-4-6-17(21)7-5-16/h4-11H,12-14H2,1-3H3,(H,22,26). The Balaban J connectivity index is 1.90. The lowest BCUT2D eigenvalue weighted by atomic mass is 10.2. The number of hydrogen-bond acceptors (Lipinski definition) is 3. The van der Waals surface area contributed by atoms with Crippen LogP contribution in [0.5, 0.6) is 0 Å². The van der Waals surface area contributed by atoms with Crippen molar-refractivity contribution in [2.75, 3.05) is 30.4 Å². The van der Waals surface area contributed by atoms with Crippen molar-refractivity contribution in [2.45, 2.75) is 19.9 Å². The Morgan fingerprint density at radius 3 is 2.08 bits per heavy atom. The second-order valence-electron chi connectivity index (χ2n) is 6.23. The molecule has 0 heterocycles. The molecule has 1 N–H and O–H groups in total. The highest BCUT2D eigenvalue weighted by atomic mass is 19.1. The zero-order chi connectivity index (χ0) is 19.1. The first kappa shape index (κ1) is 19.4. The largest absolute Gasteiger partial charge is 0.378 e. The lowest BCUT2D eigenvalue weighted by molar-refractivity contribution is -0.121. The zero-order valence-electron chi connectivity index (χ0n) is 15.3. The third-order valence-electron chi connectivity index (χ3n) is 4.02. The predicted molar refractivity (Wildman–Crippen MR) is 102 cm³/mol. The normalized spacial score (nSPS) is 10.3. The molecule has 0 atom stereocenters. The minimum atomic E-state index is -0.308. The van der Waals surface area contributed by atoms with Gasteiger partial charge in [-0.3, -0.25) is 9.59 Å². The number of carbonyl (C=O) groups excluding carboxylic acids is 2. The molecular formula is C20H24FN3O2. The minimum absolute atomic E-state index is 0.117. The topological polar surface area (TPSA) is 52.7 Å². The molecule has 2 aromatic rings. The van der Waals surface area contributed by atoms with Crippen LogP contribution in [0.25, 0.3) is 0 Å². The van der Waals surface area contributed by atoms with Crippen molar-refractivity contribution in [1.29, 1.82) is 0 Å². The Morgan fingerprint density at radius 2 is 1.54 bits per heavy atom. The highest BCUT2D eigenvalue weighted by Crippen LogP contribution is 2.20. The van der Waals surface area contributed by atoms with Gasteiger partial charge in [0, 0.05) is 51.9 Å². The van der Waals surface area contributed by atoms with Gasteiger partial charge in [0.15, 0.2) is 0 Å². The van der Waals surface area contributed by atoms with Crippen LogP contribution in [0.4, 0.5) is 15.8 Å². The molecule has 138 valence electrons. The molecule has 0 unspecified atom stereocenters. The van der Waals surface area contributed by atoms with Crippen molar-refractivity contribution in [2.24, 2.45) is 0 Å². The molecule has 0 aliphatic heterocycles. The number of hydrogen-bond donors (Lipinski definition) is 1. The lowest BCUT2D eigenvalue weighted by Gasteiger charge is -2.22. The molecule has 6 heteroatoms. The van der Waals surface area contributed by atoms with Gasteiger partial charge in [-0.1, -0.05) is 12.1 Å². The maximum absolute atomic E-state index is 12.9. The number of nitrogens with zero attached hydrogens (tertiary/aromatic N) is 2. The number of nitrogens with one attached hydrogen (secondary N) is 1. The van der Waals surface area contributed by atoms with Gasteiger partial charge in [0.25, 0.3) is 0 Å². The van der Waals surface area contributed by atoms with E-state index in [9.17, 15) is 14.0 Å². The fourth-order valence-electron chi connectivity index (χ4n) is 2.50. The molecule has 5 nitrogen and oxygen atoms in total. The molecule has 0 saturated heterocycles. The van der Waals surface area contributed by atoms with E-state index in [0.717, 1.165) is 16.9 Å². The summed E-state index contributed by atoms with van der Waals surface area (Å²) >= 11 is 0. The van der Waals surface area contributed by atoms with Crippen molar-refractivity contribution in [3.63, 3.8) is 0 Å². The van der Waals surface area contributed by atoms with Crippen molar-refractivity contribution in [3.8, 4) is 0 Å². The summed E-state index contributed by atoms with van der Waals surface area (Å²) in [6.45, 7) is 2.11. The van der Waals surface area contributed by atoms with Crippen LogP contribution >= 0.6 is 0 Å². The van der Waals surface area contributed by atoms with Crippen LogP contribution < -0.4 is 15.1 Å². The maximum atomic E-state index is 12.9. The Labute approximate surface area is 153 Å². The van der Waals surface area contributed by atoms with Crippen molar-refractivity contribution >= 4 is 23.2 Å². The first-order valence-electron chi connectivity index (χ1n) is 8.43. The number of carbonyl (C=O) groups is 2. The van der Waals surface area contributed by atoms with Gasteiger partial charge in [0.1, 0.15) is 5.82 Å². The molecule has 0 bridgehead atoms. The number of amides is 2. The second-order valence-corrected chi connectivity index (χ2v) is 6.23. The van der Waals surface area contributed by atoms with Gasteiger partial charge < -0.3 is 15.1 Å². The van der Waals surface area contributed by atoms with Gasteiger partial charge in [-0.15, -0.1) is 0 Å². The van der Waals surface area contributed by atoms with Crippen LogP contribution in [0.1, 0.15) is 18.9 Å². The molecule has 0 saturated carbocycles. The van der Waals surface area contributed by atoms with E-state index in [1.54, 1.807) is 17.0 Å². The Bertz CT molecular complexity index is 743. The molecule has 0 spiro atoms. The van der Waals surface area contributed by atoms with Crippen molar-refractivity contribution in [1.82, 2.24) is 5.32 Å². The first-order valence-corrected chi connectivity index (χ1v) is 8.43. The van der Waals surface area contributed by atoms with Gasteiger partial charge in [-0.25, -0.2) is 4.39 Å². The first-order chi connectivity index (χ1) is 12.4. The summed E-state index contributed by atoms with van der Waals surface area (Å²) in [5.74, 6) is -0.586. The highest BCUT2D eigenvalue weighted by Gasteiger charge is 2.13. The van der Waals surface area contributed by atoms with E-state index in [1.807, 2.05) is 43.3 Å². The Kier molecular flexibility index (Phi) is 6.72. The quantitative estimate of drug-likeness (QED) is 0.829. The number of benzene rings is 2. The maximum Gasteiger partial charge on any atom is 0.223 e. The smallest absolute Gasteiger partial charge is 0.223 e. The van der Waals surface area contributed by atoms with Crippen LogP contribution in [0.15, 0.2) is 48.5 Å². The van der Waals surface area contributed by atoms with E-state index < -0.39 is 0 Å². The summed E-state index contributed by atoms with van der Waals surface area (Å²) in [5, 5.41) is 2.78. The predicted octanol–water partition coefficient (Wildman–Crippen LogP) is 2.95. The molecule has 2 aromatic carbocycles. The van der Waals surface area contributed by atoms with Crippen LogP contribution in [0.2, 0.25) is 0 Å². The van der Waals surface area contributed by atoms with Crippen molar-refractivity contribution < 1.29 is 14.0 Å². The molecule has 0 aliphatic carbocycles. The summed E-state index contributed by atoms with van der Waals surface area (Å²) in [7, 11) is 3.90. The number of halogens is 1. The van der Waals surface area contributed by atoms with E-state index in [0.29, 0.717) is 13.1 Å². The zero-order valence-corrected chi connectivity index (χ0v) is 15.3. The van der Waals surface area contributed by atoms with Crippen molar-refractivity contribution in [3.05, 3.63) is 59.9 Å². The van der Waals surface area contributed by atoms with E-state index in [4.69, 9.17) is 0 Å². The fraction of sp³-hybridized carbons (Fsp3) is 0.300. The van der Waals surface area contributed by atoms with Gasteiger partial charge in [0.2, 0.25) is 11.8 Å². The molecule has 0 aromatic heterocycles. The summed E-state index contributed by atoms with van der Waals surface area (Å²) in [6.07, 6.45) is 0.191. The van der Waals surface area contributed by atoms with E-state index in [-0.39, 0.29) is 24.1 Å². The van der Waals surface area contributed by atoms with E-state index in [2.05, 4.69) is 5.32 Å². The Morgan fingerprint density at radius 1 is 0.962 bits per heavy atom. The molecule has 0 aliphatic rings. The number of rotatable bonds is 7. The van der Waals surface area contributed by atoms with Crippen LogP contribution in [-0.2, 0) is 16.1 Å². The van der Waals surface area contributed by atoms with Gasteiger partial charge >= 0.3 is 0 Å². The van der Waals surface area contributed by atoms with E-state index >= 15 is 0 Å². The average molecular weight is 357 g/mol. The number of anilines is 2. The van der Waals surface area contributed by atoms with E-state index in [1.165, 1.54) is 19.1 Å². The lowest BCUT2D eigenvalue weighted by Crippen LogP contribution is -2.33. The second kappa shape index (κ2) is 8.99. The van der Waals surface area contributed by atoms with Gasteiger partial charge in [-0.05, 0) is 42.0 Å². The molecule has 26 heavy (non-hydrogen) atoms. The summed E-state index contributed by atoms with van der Waals surface area (Å²) in [6, 6.07) is 13.6. The third-order valence-corrected chi connectivity index (χ3v) is 4.02. The highest BCUT2D eigenvalue weighted by molar-refractivity contribution is 5.92. The molecule has 0 fully saturated rings. The SMILES string of the molecule is CC(=O)N(CCC(=O)NCc1ccc(F)cc1)c1ccc(N(C)C)cc1. The molecule has 2 amide bonds. The molecular weight excluding hydrogens is 333 g/mol. The summed E-state index contributed by atoms with van der Waals surface area (Å²) < 4.78 is 12.9. The van der Waals surface area contributed by atoms with Gasteiger partial charge in [-0.2, -0.15) is 0 Å². The molecule has 0 radical (unpaired) electrons. The fourth-order valence-corrected chi connectivity index (χ4v) is 2.50. The van der Waals surface area contributed by atoms with Crippen LogP contribution in [0.3, 0.4) is 0 Å². The summed E-state index contributed by atoms with van der Waals surface area (Å²) in [4.78, 5) is 27.5. The monoisotopic (exact) mass is 357 g/mol. The van der Waals surface area contributed by atoms with Gasteiger partial charge in [0.05, 0.1) is 0 Å². The molecule has 2 rings (SSSR count). The van der Waals surface area contributed by atoms with Crippen LogP contribution in [-0.4, -0.2) is 32.5 Å². The van der Waals surface area contributed by atoms with Crippen LogP contribution in [0, 0.1) is 5.82 Å². The minimum Gasteiger partial charge on any atom is -0.378 e. The third kappa shape index (κ3) is 5.58.